The highest BCUT2D eigenvalue weighted by Crippen LogP contribution is 2.13. The molecular formula is C20H32IN5S. The summed E-state index contributed by atoms with van der Waals surface area (Å²) in [5.41, 5.74) is 1.35. The zero-order valence-electron chi connectivity index (χ0n) is 16.7. The molecule has 0 radical (unpaired) electrons. The third-order valence-corrected chi connectivity index (χ3v) is 5.56. The molecule has 0 saturated heterocycles. The zero-order chi connectivity index (χ0) is 18.8. The van der Waals surface area contributed by atoms with Crippen molar-refractivity contribution in [2.75, 3.05) is 34.2 Å². The Kier molecular flexibility index (Phi) is 11.5. The Labute approximate surface area is 184 Å². The summed E-state index contributed by atoms with van der Waals surface area (Å²) in [5, 5.41) is 8.02. The summed E-state index contributed by atoms with van der Waals surface area (Å²) in [5.74, 6) is 0.845. The first-order chi connectivity index (χ1) is 12.6. The van der Waals surface area contributed by atoms with E-state index in [1.165, 1.54) is 15.4 Å². The van der Waals surface area contributed by atoms with Crippen molar-refractivity contribution in [3.8, 4) is 0 Å². The van der Waals surface area contributed by atoms with Gasteiger partial charge in [-0.25, -0.2) is 4.98 Å². The van der Waals surface area contributed by atoms with Crippen LogP contribution >= 0.6 is 35.3 Å². The molecule has 0 fully saturated rings. The van der Waals surface area contributed by atoms with E-state index < -0.39 is 0 Å². The fourth-order valence-corrected chi connectivity index (χ4v) is 3.54. The van der Waals surface area contributed by atoms with Crippen molar-refractivity contribution < 1.29 is 0 Å². The Balaban J connectivity index is 0.00000364. The van der Waals surface area contributed by atoms with Crippen molar-refractivity contribution in [1.82, 2.24) is 20.5 Å². The van der Waals surface area contributed by atoms with E-state index in [9.17, 15) is 0 Å². The summed E-state index contributed by atoms with van der Waals surface area (Å²) in [6, 6.07) is 11.0. The summed E-state index contributed by atoms with van der Waals surface area (Å²) < 4.78 is 0. The average Bonchev–Trinajstić information content (AvgIpc) is 3.12. The van der Waals surface area contributed by atoms with Crippen molar-refractivity contribution in [3.63, 3.8) is 0 Å². The van der Waals surface area contributed by atoms with Crippen LogP contribution < -0.4 is 10.6 Å². The van der Waals surface area contributed by atoms with Gasteiger partial charge < -0.3 is 15.5 Å². The standard InChI is InChI=1S/C20H31N5S.HI/c1-5-18-15-23-19(26-18)11-12-22-20(21-2)24-14-17(25(3)4)13-16-9-7-6-8-10-16;/h6-10,15,17H,5,11-14H2,1-4H3,(H2,21,22,24);1H. The van der Waals surface area contributed by atoms with Gasteiger partial charge in [-0.2, -0.15) is 0 Å². The molecule has 0 amide bonds. The minimum atomic E-state index is 0. The van der Waals surface area contributed by atoms with Crippen LogP contribution in [0.3, 0.4) is 0 Å². The maximum atomic E-state index is 4.47. The molecule has 27 heavy (non-hydrogen) atoms. The quantitative estimate of drug-likeness (QED) is 0.315. The van der Waals surface area contributed by atoms with Gasteiger partial charge in [0, 0.05) is 43.7 Å². The van der Waals surface area contributed by atoms with Crippen molar-refractivity contribution in [2.24, 2.45) is 4.99 Å². The van der Waals surface area contributed by atoms with Gasteiger partial charge in [0.05, 0.1) is 5.01 Å². The number of likely N-dealkylation sites (N-methyl/N-ethyl adjacent to an activating group) is 1. The first-order valence-electron chi connectivity index (χ1n) is 9.20. The van der Waals surface area contributed by atoms with Gasteiger partial charge in [0.1, 0.15) is 0 Å². The number of hydrogen-bond acceptors (Lipinski definition) is 4. The van der Waals surface area contributed by atoms with Crippen LogP contribution in [0.15, 0.2) is 41.5 Å². The minimum absolute atomic E-state index is 0. The van der Waals surface area contributed by atoms with Gasteiger partial charge in [0.15, 0.2) is 5.96 Å². The average molecular weight is 501 g/mol. The number of guanidine groups is 1. The predicted molar refractivity (Wildman–Crippen MR) is 128 cm³/mol. The van der Waals surface area contributed by atoms with Gasteiger partial charge in [-0.15, -0.1) is 35.3 Å². The summed E-state index contributed by atoms with van der Waals surface area (Å²) in [7, 11) is 6.06. The molecule has 0 aliphatic rings. The summed E-state index contributed by atoms with van der Waals surface area (Å²) in [6.45, 7) is 3.85. The molecule has 0 bridgehead atoms. The Hall–Kier alpha value is -1.19. The highest BCUT2D eigenvalue weighted by molar-refractivity contribution is 14.0. The number of thiazole rings is 1. The molecule has 1 aromatic heterocycles. The first-order valence-corrected chi connectivity index (χ1v) is 10.0. The SMILES string of the molecule is CCc1cnc(CCNC(=NC)NCC(Cc2ccccc2)N(C)C)s1.I. The number of rotatable bonds is 9. The number of benzene rings is 1. The van der Waals surface area contributed by atoms with E-state index in [1.807, 2.05) is 13.2 Å². The van der Waals surface area contributed by atoms with E-state index in [2.05, 4.69) is 76.9 Å². The second-order valence-electron chi connectivity index (χ2n) is 6.51. The molecule has 1 aromatic carbocycles. The fourth-order valence-electron chi connectivity index (χ4n) is 2.67. The lowest BCUT2D eigenvalue weighted by molar-refractivity contribution is 0.290. The number of halogens is 1. The summed E-state index contributed by atoms with van der Waals surface area (Å²) in [4.78, 5) is 12.4. The van der Waals surface area contributed by atoms with Crippen molar-refractivity contribution in [3.05, 3.63) is 52.0 Å². The van der Waals surface area contributed by atoms with E-state index in [1.54, 1.807) is 11.3 Å². The van der Waals surface area contributed by atoms with E-state index in [4.69, 9.17) is 0 Å². The second kappa shape index (κ2) is 13.1. The van der Waals surface area contributed by atoms with Crippen molar-refractivity contribution in [2.45, 2.75) is 32.2 Å². The minimum Gasteiger partial charge on any atom is -0.356 e. The maximum absolute atomic E-state index is 4.47. The van der Waals surface area contributed by atoms with Gasteiger partial charge >= 0.3 is 0 Å². The molecule has 0 aliphatic carbocycles. The number of nitrogens with one attached hydrogen (secondary N) is 2. The van der Waals surface area contributed by atoms with Crippen molar-refractivity contribution in [1.29, 1.82) is 0 Å². The monoisotopic (exact) mass is 501 g/mol. The van der Waals surface area contributed by atoms with Gasteiger partial charge in [-0.05, 0) is 32.5 Å². The number of aliphatic imine (C=N–C) groups is 1. The van der Waals surface area contributed by atoms with Gasteiger partial charge in [0.2, 0.25) is 0 Å². The van der Waals surface area contributed by atoms with Crippen LogP contribution in [0.1, 0.15) is 22.4 Å². The van der Waals surface area contributed by atoms with Gasteiger partial charge in [0.25, 0.3) is 0 Å². The lowest BCUT2D eigenvalue weighted by atomic mass is 10.1. The number of nitrogens with zero attached hydrogens (tertiary/aromatic N) is 3. The summed E-state index contributed by atoms with van der Waals surface area (Å²) >= 11 is 1.80. The molecule has 5 nitrogen and oxygen atoms in total. The fraction of sp³-hybridized carbons (Fsp3) is 0.500. The number of hydrogen-bond donors (Lipinski definition) is 2. The molecule has 7 heteroatoms. The number of aryl methyl sites for hydroxylation is 1. The first kappa shape index (κ1) is 23.8. The third-order valence-electron chi connectivity index (χ3n) is 4.35. The molecule has 2 rings (SSSR count). The molecule has 0 saturated carbocycles. The molecule has 0 spiro atoms. The predicted octanol–water partition coefficient (Wildman–Crippen LogP) is 3.20. The van der Waals surface area contributed by atoms with Gasteiger partial charge in [-0.3, -0.25) is 4.99 Å². The molecular weight excluding hydrogens is 469 g/mol. The molecule has 150 valence electrons. The van der Waals surface area contributed by atoms with Crippen LogP contribution in [0.25, 0.3) is 0 Å². The topological polar surface area (TPSA) is 52.6 Å². The van der Waals surface area contributed by atoms with Gasteiger partial charge in [-0.1, -0.05) is 37.3 Å². The van der Waals surface area contributed by atoms with Crippen LogP contribution in [-0.4, -0.2) is 56.1 Å². The highest BCUT2D eigenvalue weighted by atomic mass is 127. The smallest absolute Gasteiger partial charge is 0.191 e. The van der Waals surface area contributed by atoms with Crippen LogP contribution in [-0.2, 0) is 19.3 Å². The molecule has 2 N–H and O–H groups in total. The lowest BCUT2D eigenvalue weighted by Crippen LogP contribution is -2.46. The molecule has 1 heterocycles. The van der Waals surface area contributed by atoms with Crippen molar-refractivity contribution >= 4 is 41.3 Å². The van der Waals surface area contributed by atoms with Crippen LogP contribution in [0.4, 0.5) is 0 Å². The van der Waals surface area contributed by atoms with Crippen LogP contribution in [0, 0.1) is 0 Å². The van der Waals surface area contributed by atoms with Crippen LogP contribution in [0.2, 0.25) is 0 Å². The molecule has 0 aliphatic heterocycles. The second-order valence-corrected chi connectivity index (χ2v) is 7.71. The third kappa shape index (κ3) is 8.57. The Morgan fingerprint density at radius 2 is 1.96 bits per heavy atom. The largest absolute Gasteiger partial charge is 0.356 e. The highest BCUT2D eigenvalue weighted by Gasteiger charge is 2.13. The molecule has 1 atom stereocenters. The number of aromatic nitrogens is 1. The van der Waals surface area contributed by atoms with E-state index in [0.29, 0.717) is 6.04 Å². The molecule has 2 aromatic rings. The molecule has 1 unspecified atom stereocenters. The zero-order valence-corrected chi connectivity index (χ0v) is 19.9. The maximum Gasteiger partial charge on any atom is 0.191 e. The summed E-state index contributed by atoms with van der Waals surface area (Å²) in [6.07, 6.45) is 4.98. The van der Waals surface area contributed by atoms with E-state index in [-0.39, 0.29) is 24.0 Å². The van der Waals surface area contributed by atoms with E-state index >= 15 is 0 Å². The lowest BCUT2D eigenvalue weighted by Gasteiger charge is -2.25. The van der Waals surface area contributed by atoms with E-state index in [0.717, 1.165) is 38.3 Å². The normalized spacial score (nSPS) is 12.6. The van der Waals surface area contributed by atoms with Crippen LogP contribution in [0.5, 0.6) is 0 Å². The Morgan fingerprint density at radius 1 is 1.22 bits per heavy atom. The Morgan fingerprint density at radius 3 is 2.56 bits per heavy atom. The Bertz CT molecular complexity index is 672.